The van der Waals surface area contributed by atoms with Gasteiger partial charge in [0, 0.05) is 7.05 Å². The highest BCUT2D eigenvalue weighted by atomic mass is 16.6. The Labute approximate surface area is 110 Å². The molecule has 0 bridgehead atoms. The number of nitrogens with zero attached hydrogens (tertiary/aromatic N) is 2. The van der Waals surface area contributed by atoms with Crippen molar-refractivity contribution >= 4 is 11.7 Å². The maximum Gasteiger partial charge on any atom is 0.257 e. The van der Waals surface area contributed by atoms with Crippen molar-refractivity contribution in [2.75, 3.05) is 26.8 Å². The Kier molecular flexibility index (Phi) is 3.74. The van der Waals surface area contributed by atoms with Crippen molar-refractivity contribution in [1.29, 1.82) is 0 Å². The second-order valence-corrected chi connectivity index (χ2v) is 4.08. The Morgan fingerprint density at radius 2 is 2.21 bits per heavy atom. The number of ether oxygens (including phenoxy) is 2. The van der Waals surface area contributed by atoms with Crippen molar-refractivity contribution in [3.8, 4) is 11.5 Å². The summed E-state index contributed by atoms with van der Waals surface area (Å²) >= 11 is 0. The Hall–Kier alpha value is -2.44. The van der Waals surface area contributed by atoms with Crippen LogP contribution in [0.25, 0.3) is 0 Å². The second-order valence-electron chi connectivity index (χ2n) is 4.08. The summed E-state index contributed by atoms with van der Waals surface area (Å²) < 4.78 is 10.9. The number of fused-ring (bicyclic) bond motifs is 1. The van der Waals surface area contributed by atoms with Crippen molar-refractivity contribution in [2.24, 2.45) is 10.9 Å². The van der Waals surface area contributed by atoms with Crippen LogP contribution in [0.15, 0.2) is 23.4 Å². The van der Waals surface area contributed by atoms with Gasteiger partial charge in [-0.3, -0.25) is 4.79 Å². The minimum Gasteiger partial charge on any atom is -0.486 e. The Balaban J connectivity index is 2.24. The molecule has 1 aromatic carbocycles. The van der Waals surface area contributed by atoms with Crippen LogP contribution in [0.3, 0.4) is 0 Å². The summed E-state index contributed by atoms with van der Waals surface area (Å²) in [5, 5.41) is 11.3. The summed E-state index contributed by atoms with van der Waals surface area (Å²) in [4.78, 5) is 13.6. The number of carbonyl (C=O) groups is 1. The van der Waals surface area contributed by atoms with Crippen molar-refractivity contribution in [3.63, 3.8) is 0 Å². The molecule has 1 heterocycles. The van der Waals surface area contributed by atoms with Crippen molar-refractivity contribution in [1.82, 2.24) is 4.90 Å². The zero-order valence-electron chi connectivity index (χ0n) is 10.5. The zero-order chi connectivity index (χ0) is 13.8. The molecule has 0 atom stereocenters. The summed E-state index contributed by atoms with van der Waals surface area (Å²) in [6.45, 7) is 0.895. The first kappa shape index (κ1) is 13.0. The first-order chi connectivity index (χ1) is 9.13. The monoisotopic (exact) mass is 265 g/mol. The molecular formula is C12H15N3O4. The number of rotatable bonds is 3. The van der Waals surface area contributed by atoms with Crippen molar-refractivity contribution in [3.05, 3.63) is 23.8 Å². The smallest absolute Gasteiger partial charge is 0.257 e. The molecule has 102 valence electrons. The normalized spacial score (nSPS) is 14.1. The van der Waals surface area contributed by atoms with Crippen LogP contribution in [0.5, 0.6) is 11.5 Å². The van der Waals surface area contributed by atoms with Crippen molar-refractivity contribution in [2.45, 2.75) is 0 Å². The quantitative estimate of drug-likeness (QED) is 0.354. The maximum absolute atomic E-state index is 12.3. The zero-order valence-corrected chi connectivity index (χ0v) is 10.5. The van der Waals surface area contributed by atoms with Gasteiger partial charge < -0.3 is 25.3 Å². The number of amidine groups is 1. The number of oxime groups is 1. The van der Waals surface area contributed by atoms with E-state index in [2.05, 4.69) is 5.16 Å². The van der Waals surface area contributed by atoms with Crippen LogP contribution in [0, 0.1) is 0 Å². The molecule has 0 spiro atoms. The highest BCUT2D eigenvalue weighted by Gasteiger charge is 2.22. The molecule has 19 heavy (non-hydrogen) atoms. The SMILES string of the molecule is CN(CC(N)=NO)C(=O)c1cccc2c1OCCO2. The van der Waals surface area contributed by atoms with Gasteiger partial charge in [-0.05, 0) is 12.1 Å². The van der Waals surface area contributed by atoms with Crippen molar-refractivity contribution < 1.29 is 19.5 Å². The lowest BCUT2D eigenvalue weighted by molar-refractivity contribution is 0.0803. The minimum atomic E-state index is -0.283. The minimum absolute atomic E-state index is 0.0276. The van der Waals surface area contributed by atoms with Gasteiger partial charge in [-0.2, -0.15) is 0 Å². The molecule has 7 heteroatoms. The molecule has 0 saturated carbocycles. The van der Waals surface area contributed by atoms with Gasteiger partial charge >= 0.3 is 0 Å². The molecule has 0 saturated heterocycles. The van der Waals surface area contributed by atoms with Gasteiger partial charge in [0.1, 0.15) is 13.2 Å². The fourth-order valence-electron chi connectivity index (χ4n) is 1.79. The Morgan fingerprint density at radius 1 is 1.47 bits per heavy atom. The number of likely N-dealkylation sites (N-methyl/N-ethyl adjacent to an activating group) is 1. The third kappa shape index (κ3) is 2.70. The Bertz CT molecular complexity index is 516. The first-order valence-electron chi connectivity index (χ1n) is 5.74. The lowest BCUT2D eigenvalue weighted by Gasteiger charge is -2.23. The van der Waals surface area contributed by atoms with Gasteiger partial charge in [0.2, 0.25) is 0 Å². The van der Waals surface area contributed by atoms with E-state index in [-0.39, 0.29) is 18.3 Å². The molecular weight excluding hydrogens is 250 g/mol. The summed E-state index contributed by atoms with van der Waals surface area (Å²) in [5.41, 5.74) is 5.77. The molecule has 2 rings (SSSR count). The van der Waals surface area contributed by atoms with Crippen LogP contribution in [-0.2, 0) is 0 Å². The van der Waals surface area contributed by atoms with Gasteiger partial charge in [-0.25, -0.2) is 0 Å². The van der Waals surface area contributed by atoms with Crippen LogP contribution in [0.2, 0.25) is 0 Å². The molecule has 1 amide bonds. The van der Waals surface area contributed by atoms with Crippen LogP contribution in [-0.4, -0.2) is 48.7 Å². The van der Waals surface area contributed by atoms with Gasteiger partial charge in [0.25, 0.3) is 5.91 Å². The molecule has 0 radical (unpaired) electrons. The molecule has 3 N–H and O–H groups in total. The predicted molar refractivity (Wildman–Crippen MR) is 67.8 cm³/mol. The van der Waals surface area contributed by atoms with E-state index in [1.807, 2.05) is 0 Å². The number of carbonyl (C=O) groups excluding carboxylic acids is 1. The van der Waals surface area contributed by atoms with Gasteiger partial charge in [-0.15, -0.1) is 0 Å². The number of nitrogens with two attached hydrogens (primary N) is 1. The van der Waals surface area contributed by atoms with E-state index in [4.69, 9.17) is 20.4 Å². The van der Waals surface area contributed by atoms with E-state index in [0.29, 0.717) is 30.3 Å². The van der Waals surface area contributed by atoms with E-state index in [1.54, 1.807) is 25.2 Å². The van der Waals surface area contributed by atoms with Crippen LogP contribution in [0.1, 0.15) is 10.4 Å². The molecule has 0 unspecified atom stereocenters. The fourth-order valence-corrected chi connectivity index (χ4v) is 1.79. The molecule has 1 aromatic rings. The molecule has 0 fully saturated rings. The van der Waals surface area contributed by atoms with E-state index < -0.39 is 0 Å². The van der Waals surface area contributed by atoms with E-state index in [0.717, 1.165) is 0 Å². The topological polar surface area (TPSA) is 97.4 Å². The molecule has 1 aliphatic heterocycles. The Morgan fingerprint density at radius 3 is 2.95 bits per heavy atom. The highest BCUT2D eigenvalue weighted by Crippen LogP contribution is 2.34. The highest BCUT2D eigenvalue weighted by molar-refractivity contribution is 5.99. The van der Waals surface area contributed by atoms with Crippen LogP contribution in [0.4, 0.5) is 0 Å². The maximum atomic E-state index is 12.3. The number of hydrogen-bond acceptors (Lipinski definition) is 5. The largest absolute Gasteiger partial charge is 0.486 e. The van der Waals surface area contributed by atoms with Crippen LogP contribution < -0.4 is 15.2 Å². The predicted octanol–water partition coefficient (Wildman–Crippen LogP) is 0.276. The van der Waals surface area contributed by atoms with E-state index >= 15 is 0 Å². The van der Waals surface area contributed by atoms with Gasteiger partial charge in [0.05, 0.1) is 12.1 Å². The molecule has 0 aliphatic carbocycles. The van der Waals surface area contributed by atoms with Gasteiger partial charge in [-0.1, -0.05) is 11.2 Å². The summed E-state index contributed by atoms with van der Waals surface area (Å²) in [6, 6.07) is 5.12. The van der Waals surface area contributed by atoms with E-state index in [1.165, 1.54) is 4.90 Å². The van der Waals surface area contributed by atoms with E-state index in [9.17, 15) is 4.79 Å². The third-order valence-electron chi connectivity index (χ3n) is 2.67. The molecule has 7 nitrogen and oxygen atoms in total. The molecule has 1 aliphatic rings. The first-order valence-corrected chi connectivity index (χ1v) is 5.74. The average Bonchev–Trinajstić information content (AvgIpc) is 2.45. The van der Waals surface area contributed by atoms with Crippen LogP contribution >= 0.6 is 0 Å². The number of amides is 1. The number of benzene rings is 1. The summed E-state index contributed by atoms with van der Waals surface area (Å²) in [7, 11) is 1.56. The molecule has 0 aromatic heterocycles. The van der Waals surface area contributed by atoms with Gasteiger partial charge in [0.15, 0.2) is 17.3 Å². The standard InChI is InChI=1S/C12H15N3O4/c1-15(7-10(13)14-17)12(16)8-3-2-4-9-11(8)19-6-5-18-9/h2-4,17H,5-7H2,1H3,(H2,13,14). The lowest BCUT2D eigenvalue weighted by Crippen LogP contribution is -2.36. The number of hydrogen-bond donors (Lipinski definition) is 2. The number of para-hydroxylation sites is 1. The summed E-state index contributed by atoms with van der Waals surface area (Å²) in [5.74, 6) is 0.658. The average molecular weight is 265 g/mol. The summed E-state index contributed by atoms with van der Waals surface area (Å²) in [6.07, 6.45) is 0. The third-order valence-corrected chi connectivity index (χ3v) is 2.67. The lowest BCUT2D eigenvalue weighted by atomic mass is 10.1. The fraction of sp³-hybridized carbons (Fsp3) is 0.333. The second kappa shape index (κ2) is 5.47.